The fraction of sp³-hybridized carbons (Fsp3) is 0.364. The summed E-state index contributed by atoms with van der Waals surface area (Å²) in [5.41, 5.74) is 4.89. The third kappa shape index (κ3) is 4.52. The summed E-state index contributed by atoms with van der Waals surface area (Å²) in [6.45, 7) is 8.44. The van der Waals surface area contributed by atoms with Crippen LogP contribution in [0.3, 0.4) is 0 Å². The third-order valence-electron chi connectivity index (χ3n) is 5.23. The normalized spacial score (nSPS) is 14.3. The van der Waals surface area contributed by atoms with Crippen LogP contribution in [0.4, 0.5) is 0 Å². The number of carbonyl (C=O) groups excluding carboxylic acids is 2. The lowest BCUT2D eigenvalue weighted by molar-refractivity contribution is 0.0285. The highest BCUT2D eigenvalue weighted by Crippen LogP contribution is 2.27. The summed E-state index contributed by atoms with van der Waals surface area (Å²) in [5, 5.41) is 11.4. The zero-order chi connectivity index (χ0) is 21.2. The fourth-order valence-electron chi connectivity index (χ4n) is 3.70. The van der Waals surface area contributed by atoms with E-state index in [1.54, 1.807) is 42.5 Å². The molecule has 152 valence electrons. The molecule has 0 aromatic heterocycles. The van der Waals surface area contributed by atoms with E-state index in [1.165, 1.54) is 5.01 Å². The Morgan fingerprint density at radius 3 is 2.48 bits per heavy atom. The van der Waals surface area contributed by atoms with E-state index in [9.17, 15) is 14.6 Å². The lowest BCUT2D eigenvalue weighted by Gasteiger charge is -2.39. The largest absolute Gasteiger partial charge is 0.491 e. The standard InChI is InChI=1S/C22H27BN2O4/c1-5-19(22(2,3)4)25(21(27)15-9-7-6-8-10-15)24-20(26)16-11-12-17-14-29-23(28)18(17)13-16/h6-13,19,28H,5,14H2,1-4H3,(H,24,26)/t19-/m0/s1. The van der Waals surface area contributed by atoms with E-state index in [1.807, 2.05) is 33.8 Å². The fourth-order valence-corrected chi connectivity index (χ4v) is 3.70. The van der Waals surface area contributed by atoms with Gasteiger partial charge < -0.3 is 9.68 Å². The molecule has 2 N–H and O–H groups in total. The average molecular weight is 394 g/mol. The second-order valence-corrected chi connectivity index (χ2v) is 8.35. The van der Waals surface area contributed by atoms with Gasteiger partial charge in [-0.15, -0.1) is 0 Å². The van der Waals surface area contributed by atoms with Gasteiger partial charge in [0, 0.05) is 11.1 Å². The number of hydrogen-bond donors (Lipinski definition) is 2. The van der Waals surface area contributed by atoms with Crippen molar-refractivity contribution >= 4 is 24.4 Å². The molecule has 2 aromatic rings. The lowest BCUT2D eigenvalue weighted by Crippen LogP contribution is -2.56. The minimum absolute atomic E-state index is 0.206. The molecule has 6 nitrogen and oxygen atoms in total. The third-order valence-corrected chi connectivity index (χ3v) is 5.23. The molecule has 0 radical (unpaired) electrons. The van der Waals surface area contributed by atoms with Gasteiger partial charge in [-0.3, -0.25) is 15.0 Å². The van der Waals surface area contributed by atoms with Crippen molar-refractivity contribution in [3.63, 3.8) is 0 Å². The summed E-state index contributed by atoms with van der Waals surface area (Å²) in [7, 11) is -1.03. The summed E-state index contributed by atoms with van der Waals surface area (Å²) in [5.74, 6) is -0.663. The molecular formula is C22H27BN2O4. The second-order valence-electron chi connectivity index (χ2n) is 8.35. The van der Waals surface area contributed by atoms with Gasteiger partial charge in [-0.1, -0.05) is 52.0 Å². The molecule has 0 unspecified atom stereocenters. The predicted molar refractivity (Wildman–Crippen MR) is 112 cm³/mol. The number of fused-ring (bicyclic) bond motifs is 1. The first kappa shape index (κ1) is 21.1. The number of hydrogen-bond acceptors (Lipinski definition) is 4. The van der Waals surface area contributed by atoms with Crippen molar-refractivity contribution in [2.45, 2.75) is 46.8 Å². The van der Waals surface area contributed by atoms with Gasteiger partial charge in [0.25, 0.3) is 11.8 Å². The van der Waals surface area contributed by atoms with Crippen molar-refractivity contribution in [1.29, 1.82) is 0 Å². The van der Waals surface area contributed by atoms with Crippen molar-refractivity contribution in [2.24, 2.45) is 5.41 Å². The summed E-state index contributed by atoms with van der Waals surface area (Å²) >= 11 is 0. The van der Waals surface area contributed by atoms with Crippen LogP contribution in [0.5, 0.6) is 0 Å². The zero-order valence-electron chi connectivity index (χ0n) is 17.3. The van der Waals surface area contributed by atoms with E-state index in [-0.39, 0.29) is 17.4 Å². The highest BCUT2D eigenvalue weighted by Gasteiger charge is 2.35. The molecule has 0 aliphatic carbocycles. The first-order valence-electron chi connectivity index (χ1n) is 9.84. The van der Waals surface area contributed by atoms with Crippen LogP contribution >= 0.6 is 0 Å². The van der Waals surface area contributed by atoms with Crippen LogP contribution in [-0.2, 0) is 11.3 Å². The van der Waals surface area contributed by atoms with E-state index < -0.39 is 13.0 Å². The van der Waals surface area contributed by atoms with Crippen molar-refractivity contribution in [2.75, 3.05) is 0 Å². The Hall–Kier alpha value is -2.64. The molecule has 7 heteroatoms. The number of amides is 2. The number of nitrogens with zero attached hydrogens (tertiary/aromatic N) is 1. The highest BCUT2D eigenvalue weighted by molar-refractivity contribution is 6.61. The van der Waals surface area contributed by atoms with Crippen LogP contribution in [0, 0.1) is 5.41 Å². The van der Waals surface area contributed by atoms with Gasteiger partial charge in [0.2, 0.25) is 0 Å². The molecule has 1 heterocycles. The highest BCUT2D eigenvalue weighted by atomic mass is 16.5. The lowest BCUT2D eigenvalue weighted by atomic mass is 9.79. The topological polar surface area (TPSA) is 78.9 Å². The van der Waals surface area contributed by atoms with Crippen LogP contribution in [0.1, 0.15) is 60.4 Å². The summed E-state index contributed by atoms with van der Waals surface area (Å²) in [6, 6.07) is 13.8. The number of nitrogens with one attached hydrogen (secondary N) is 1. The van der Waals surface area contributed by atoms with Crippen molar-refractivity contribution < 1.29 is 19.3 Å². The Kier molecular flexibility index (Phi) is 6.10. The molecule has 1 atom stereocenters. The van der Waals surface area contributed by atoms with Crippen molar-refractivity contribution in [1.82, 2.24) is 10.4 Å². The minimum atomic E-state index is -1.03. The number of rotatable bonds is 4. The maximum Gasteiger partial charge on any atom is 0.491 e. The Labute approximate surface area is 172 Å². The van der Waals surface area contributed by atoms with Gasteiger partial charge in [-0.25, -0.2) is 5.01 Å². The predicted octanol–water partition coefficient (Wildman–Crippen LogP) is 2.52. The van der Waals surface area contributed by atoms with E-state index in [0.29, 0.717) is 29.6 Å². The van der Waals surface area contributed by atoms with Crippen molar-refractivity contribution in [3.05, 3.63) is 65.2 Å². The van der Waals surface area contributed by atoms with Gasteiger partial charge >= 0.3 is 7.12 Å². The van der Waals surface area contributed by atoms with E-state index in [4.69, 9.17) is 4.65 Å². The Balaban J connectivity index is 1.91. The first-order valence-corrected chi connectivity index (χ1v) is 9.84. The molecule has 2 aromatic carbocycles. The van der Waals surface area contributed by atoms with Gasteiger partial charge in [-0.05, 0) is 47.1 Å². The Bertz CT molecular complexity index is 895. The summed E-state index contributed by atoms with van der Waals surface area (Å²) in [6.07, 6.45) is 0.680. The molecule has 0 fully saturated rings. The van der Waals surface area contributed by atoms with Gasteiger partial charge in [-0.2, -0.15) is 0 Å². The van der Waals surface area contributed by atoms with Gasteiger partial charge in [0.1, 0.15) is 0 Å². The van der Waals surface area contributed by atoms with E-state index in [2.05, 4.69) is 5.43 Å². The maximum absolute atomic E-state index is 13.2. The van der Waals surface area contributed by atoms with Crippen LogP contribution in [0.25, 0.3) is 0 Å². The second kappa shape index (κ2) is 8.39. The number of benzene rings is 2. The molecule has 0 bridgehead atoms. The molecule has 1 aliphatic rings. The minimum Gasteiger partial charge on any atom is -0.423 e. The molecule has 3 rings (SSSR count). The summed E-state index contributed by atoms with van der Waals surface area (Å²) in [4.78, 5) is 26.3. The smallest absolute Gasteiger partial charge is 0.423 e. The molecule has 1 aliphatic heterocycles. The van der Waals surface area contributed by atoms with Crippen LogP contribution in [-0.4, -0.2) is 35.0 Å². The van der Waals surface area contributed by atoms with Crippen molar-refractivity contribution in [3.8, 4) is 0 Å². The molecular weight excluding hydrogens is 367 g/mol. The van der Waals surface area contributed by atoms with E-state index in [0.717, 1.165) is 5.56 Å². The quantitative estimate of drug-likeness (QED) is 0.617. The summed E-state index contributed by atoms with van der Waals surface area (Å²) < 4.78 is 5.19. The molecule has 0 saturated heterocycles. The SMILES string of the molecule is CC[C@H](N(NC(=O)c1ccc2c(c1)B(O)OC2)C(=O)c1ccccc1)C(C)(C)C. The average Bonchev–Trinajstić information content (AvgIpc) is 3.07. The molecule has 2 amide bonds. The monoisotopic (exact) mass is 394 g/mol. The molecule has 29 heavy (non-hydrogen) atoms. The number of carbonyl (C=O) groups is 2. The van der Waals surface area contributed by atoms with Crippen LogP contribution in [0.2, 0.25) is 0 Å². The zero-order valence-corrected chi connectivity index (χ0v) is 17.3. The first-order chi connectivity index (χ1) is 13.7. The number of hydrazine groups is 1. The molecule has 0 spiro atoms. The van der Waals surface area contributed by atoms with Crippen LogP contribution in [0.15, 0.2) is 48.5 Å². The Morgan fingerprint density at radius 1 is 1.17 bits per heavy atom. The maximum atomic E-state index is 13.2. The van der Waals surface area contributed by atoms with Crippen LogP contribution < -0.4 is 10.9 Å². The molecule has 0 saturated carbocycles. The van der Waals surface area contributed by atoms with Gasteiger partial charge in [0.05, 0.1) is 12.6 Å². The van der Waals surface area contributed by atoms with Gasteiger partial charge in [0.15, 0.2) is 0 Å². The van der Waals surface area contributed by atoms with E-state index >= 15 is 0 Å². The Morgan fingerprint density at radius 2 is 1.86 bits per heavy atom.